The molecular weight excluding hydrogens is 258 g/mol. The van der Waals surface area contributed by atoms with Gasteiger partial charge in [0.1, 0.15) is 15.8 Å². The minimum atomic E-state index is 0.766. The molecule has 2 aromatic heterocycles. The SMILES string of the molecule is Brc1[nH]cnc1-c1ccc2ncoc2c1. The molecule has 0 radical (unpaired) electrons. The topological polar surface area (TPSA) is 54.7 Å². The Bertz CT molecular complexity index is 614. The third-order valence-corrected chi connectivity index (χ3v) is 2.80. The summed E-state index contributed by atoms with van der Waals surface area (Å²) < 4.78 is 6.09. The molecule has 0 atom stereocenters. The standard InChI is InChI=1S/C10H6BrN3O/c11-10-9(12-4-13-10)6-1-2-7-8(3-6)15-5-14-7/h1-5H,(H,12,13). The zero-order chi connectivity index (χ0) is 10.3. The average Bonchev–Trinajstić information content (AvgIpc) is 2.84. The van der Waals surface area contributed by atoms with Crippen LogP contribution in [0.4, 0.5) is 0 Å². The molecule has 0 spiro atoms. The predicted octanol–water partition coefficient (Wildman–Crippen LogP) is 2.98. The van der Waals surface area contributed by atoms with Crippen LogP contribution >= 0.6 is 15.9 Å². The first-order chi connectivity index (χ1) is 7.34. The second kappa shape index (κ2) is 3.20. The summed E-state index contributed by atoms with van der Waals surface area (Å²) in [6, 6.07) is 5.80. The van der Waals surface area contributed by atoms with Crippen molar-refractivity contribution < 1.29 is 4.42 Å². The van der Waals surface area contributed by atoms with E-state index in [1.807, 2.05) is 18.2 Å². The molecule has 0 unspecified atom stereocenters. The molecule has 3 rings (SSSR count). The van der Waals surface area contributed by atoms with Crippen LogP contribution < -0.4 is 0 Å². The number of hydrogen-bond donors (Lipinski definition) is 1. The molecule has 1 aromatic carbocycles. The number of hydrogen-bond acceptors (Lipinski definition) is 3. The molecule has 0 aliphatic rings. The molecule has 15 heavy (non-hydrogen) atoms. The number of nitrogens with zero attached hydrogens (tertiary/aromatic N) is 2. The highest BCUT2D eigenvalue weighted by Gasteiger charge is 2.07. The molecule has 5 heteroatoms. The van der Waals surface area contributed by atoms with Crippen molar-refractivity contribution in [3.8, 4) is 11.3 Å². The van der Waals surface area contributed by atoms with E-state index < -0.39 is 0 Å². The van der Waals surface area contributed by atoms with Gasteiger partial charge in [-0.05, 0) is 28.1 Å². The van der Waals surface area contributed by atoms with Crippen LogP contribution in [0.15, 0.2) is 39.9 Å². The summed E-state index contributed by atoms with van der Waals surface area (Å²) in [5, 5.41) is 0. The number of nitrogens with one attached hydrogen (secondary N) is 1. The molecule has 3 aromatic rings. The lowest BCUT2D eigenvalue weighted by molar-refractivity contribution is 0.602. The van der Waals surface area contributed by atoms with Gasteiger partial charge in [-0.15, -0.1) is 0 Å². The van der Waals surface area contributed by atoms with Crippen LogP contribution in [0.2, 0.25) is 0 Å². The summed E-state index contributed by atoms with van der Waals surface area (Å²) in [6.45, 7) is 0. The predicted molar refractivity (Wildman–Crippen MR) is 59.3 cm³/mol. The molecule has 0 bridgehead atoms. The zero-order valence-corrected chi connectivity index (χ0v) is 9.15. The molecule has 0 aliphatic heterocycles. The minimum absolute atomic E-state index is 0.766. The first kappa shape index (κ1) is 8.67. The maximum absolute atomic E-state index is 5.23. The first-order valence-corrected chi connectivity index (χ1v) is 5.16. The van der Waals surface area contributed by atoms with Gasteiger partial charge in [-0.2, -0.15) is 0 Å². The maximum atomic E-state index is 5.23. The lowest BCUT2D eigenvalue weighted by Gasteiger charge is -1.96. The van der Waals surface area contributed by atoms with E-state index in [9.17, 15) is 0 Å². The van der Waals surface area contributed by atoms with Crippen LogP contribution in [0.1, 0.15) is 0 Å². The van der Waals surface area contributed by atoms with Crippen LogP contribution in [0, 0.1) is 0 Å². The number of oxazole rings is 1. The largest absolute Gasteiger partial charge is 0.443 e. The smallest absolute Gasteiger partial charge is 0.181 e. The van der Waals surface area contributed by atoms with E-state index in [4.69, 9.17) is 4.42 Å². The van der Waals surface area contributed by atoms with Crippen LogP contribution in [0.3, 0.4) is 0 Å². The molecule has 0 saturated heterocycles. The fraction of sp³-hybridized carbons (Fsp3) is 0. The monoisotopic (exact) mass is 263 g/mol. The van der Waals surface area contributed by atoms with Crippen LogP contribution in [0.5, 0.6) is 0 Å². The van der Waals surface area contributed by atoms with Gasteiger partial charge < -0.3 is 9.40 Å². The summed E-state index contributed by atoms with van der Waals surface area (Å²) in [5.41, 5.74) is 3.48. The Balaban J connectivity index is 2.23. The molecule has 4 nitrogen and oxygen atoms in total. The number of imidazole rings is 1. The molecule has 0 saturated carbocycles. The van der Waals surface area contributed by atoms with Crippen molar-refractivity contribution in [2.75, 3.05) is 0 Å². The highest BCUT2D eigenvalue weighted by atomic mass is 79.9. The molecule has 0 fully saturated rings. The Morgan fingerprint density at radius 3 is 3.00 bits per heavy atom. The second-order valence-corrected chi connectivity index (χ2v) is 3.89. The Morgan fingerprint density at radius 2 is 2.20 bits per heavy atom. The third kappa shape index (κ3) is 1.35. The zero-order valence-electron chi connectivity index (χ0n) is 7.57. The molecule has 1 N–H and O–H groups in total. The van der Waals surface area contributed by atoms with Gasteiger partial charge in [-0.3, -0.25) is 0 Å². The number of halogens is 1. The van der Waals surface area contributed by atoms with Crippen LogP contribution in [-0.2, 0) is 0 Å². The third-order valence-electron chi connectivity index (χ3n) is 2.20. The Kier molecular flexibility index (Phi) is 1.85. The van der Waals surface area contributed by atoms with E-state index in [2.05, 4.69) is 30.9 Å². The Hall–Kier alpha value is -1.62. The van der Waals surface area contributed by atoms with Gasteiger partial charge in [-0.25, -0.2) is 9.97 Å². The molecule has 0 amide bonds. The number of aromatic nitrogens is 3. The highest BCUT2D eigenvalue weighted by Crippen LogP contribution is 2.27. The fourth-order valence-electron chi connectivity index (χ4n) is 1.48. The first-order valence-electron chi connectivity index (χ1n) is 4.37. The Labute approximate surface area is 93.5 Å². The highest BCUT2D eigenvalue weighted by molar-refractivity contribution is 9.10. The fourth-order valence-corrected chi connectivity index (χ4v) is 1.92. The lowest BCUT2D eigenvalue weighted by atomic mass is 10.1. The van der Waals surface area contributed by atoms with Gasteiger partial charge in [0.15, 0.2) is 12.0 Å². The van der Waals surface area contributed by atoms with Crippen LogP contribution in [-0.4, -0.2) is 15.0 Å². The number of aromatic amines is 1. The van der Waals surface area contributed by atoms with Gasteiger partial charge >= 0.3 is 0 Å². The van der Waals surface area contributed by atoms with E-state index in [-0.39, 0.29) is 0 Å². The van der Waals surface area contributed by atoms with E-state index in [1.54, 1.807) is 6.33 Å². The van der Waals surface area contributed by atoms with Gasteiger partial charge in [0, 0.05) is 5.56 Å². The quantitative estimate of drug-likeness (QED) is 0.735. The van der Waals surface area contributed by atoms with Crippen molar-refractivity contribution in [1.29, 1.82) is 0 Å². The summed E-state index contributed by atoms with van der Waals surface area (Å²) >= 11 is 3.39. The molecular formula is C10H6BrN3O. The lowest BCUT2D eigenvalue weighted by Crippen LogP contribution is -1.78. The van der Waals surface area contributed by atoms with Crippen LogP contribution in [0.25, 0.3) is 22.4 Å². The summed E-state index contributed by atoms with van der Waals surface area (Å²) in [6.07, 6.45) is 3.08. The number of rotatable bonds is 1. The summed E-state index contributed by atoms with van der Waals surface area (Å²) in [7, 11) is 0. The number of H-pyrrole nitrogens is 1. The number of benzene rings is 1. The summed E-state index contributed by atoms with van der Waals surface area (Å²) in [5.74, 6) is 0. The second-order valence-electron chi connectivity index (χ2n) is 3.10. The maximum Gasteiger partial charge on any atom is 0.181 e. The van der Waals surface area contributed by atoms with E-state index in [0.717, 1.165) is 27.0 Å². The van der Waals surface area contributed by atoms with Crippen molar-refractivity contribution in [3.05, 3.63) is 35.5 Å². The average molecular weight is 264 g/mol. The van der Waals surface area contributed by atoms with Gasteiger partial charge in [0.2, 0.25) is 0 Å². The Morgan fingerprint density at radius 1 is 1.27 bits per heavy atom. The normalized spacial score (nSPS) is 11.0. The van der Waals surface area contributed by atoms with Gasteiger partial charge in [-0.1, -0.05) is 6.07 Å². The molecule has 0 aliphatic carbocycles. The van der Waals surface area contributed by atoms with Gasteiger partial charge in [0.25, 0.3) is 0 Å². The summed E-state index contributed by atoms with van der Waals surface area (Å²) in [4.78, 5) is 11.2. The van der Waals surface area contributed by atoms with E-state index in [0.29, 0.717) is 0 Å². The van der Waals surface area contributed by atoms with Crippen molar-refractivity contribution >= 4 is 27.0 Å². The van der Waals surface area contributed by atoms with Crippen molar-refractivity contribution in [2.45, 2.75) is 0 Å². The molecule has 74 valence electrons. The van der Waals surface area contributed by atoms with E-state index in [1.165, 1.54) is 6.39 Å². The van der Waals surface area contributed by atoms with Gasteiger partial charge in [0.05, 0.1) is 6.33 Å². The van der Waals surface area contributed by atoms with Crippen molar-refractivity contribution in [3.63, 3.8) is 0 Å². The van der Waals surface area contributed by atoms with E-state index >= 15 is 0 Å². The minimum Gasteiger partial charge on any atom is -0.443 e. The van der Waals surface area contributed by atoms with Crippen molar-refractivity contribution in [2.24, 2.45) is 0 Å². The number of fused-ring (bicyclic) bond motifs is 1. The molecule has 2 heterocycles. The van der Waals surface area contributed by atoms with Crippen molar-refractivity contribution in [1.82, 2.24) is 15.0 Å².